The van der Waals surface area contributed by atoms with Crippen LogP contribution in [-0.4, -0.2) is 9.97 Å². The van der Waals surface area contributed by atoms with Crippen molar-refractivity contribution in [2.75, 3.05) is 5.43 Å². The number of aryl methyl sites for hydroxylation is 1. The Labute approximate surface area is 117 Å². The van der Waals surface area contributed by atoms with E-state index < -0.39 is 0 Å². The van der Waals surface area contributed by atoms with E-state index in [9.17, 15) is 0 Å². The van der Waals surface area contributed by atoms with Crippen LogP contribution in [0.15, 0.2) is 28.7 Å². The number of anilines is 1. The summed E-state index contributed by atoms with van der Waals surface area (Å²) >= 11 is 9.38. The maximum Gasteiger partial charge on any atom is 0.224 e. The second kappa shape index (κ2) is 5.51. The molecule has 0 amide bonds. The lowest BCUT2D eigenvalue weighted by Gasteiger charge is -2.09. The van der Waals surface area contributed by atoms with Gasteiger partial charge in [0, 0.05) is 10.5 Å². The third-order valence-electron chi connectivity index (χ3n) is 2.07. The lowest BCUT2D eigenvalue weighted by molar-refractivity contribution is 0.460. The number of nitrogens with zero attached hydrogens (tertiary/aromatic N) is 2. The van der Waals surface area contributed by atoms with E-state index in [2.05, 4.69) is 31.3 Å². The van der Waals surface area contributed by atoms with Crippen molar-refractivity contribution in [1.82, 2.24) is 9.97 Å². The highest BCUT2D eigenvalue weighted by molar-refractivity contribution is 9.10. The normalized spacial score (nSPS) is 10.2. The van der Waals surface area contributed by atoms with E-state index in [1.54, 1.807) is 25.1 Å². The summed E-state index contributed by atoms with van der Waals surface area (Å²) in [7, 11) is 0. The first-order valence-electron chi connectivity index (χ1n) is 5.03. The van der Waals surface area contributed by atoms with E-state index in [1.165, 1.54) is 0 Å². The Morgan fingerprint density at radius 1 is 1.33 bits per heavy atom. The highest BCUT2D eigenvalue weighted by Gasteiger charge is 2.07. The van der Waals surface area contributed by atoms with Crippen LogP contribution in [0.3, 0.4) is 0 Å². The lowest BCUT2D eigenvalue weighted by Crippen LogP contribution is -2.09. The molecule has 1 aromatic heterocycles. The van der Waals surface area contributed by atoms with Crippen LogP contribution in [0.4, 0.5) is 5.82 Å². The van der Waals surface area contributed by atoms with Gasteiger partial charge in [0.2, 0.25) is 5.88 Å². The number of ether oxygens (including phenoxy) is 1. The molecule has 0 aliphatic rings. The predicted octanol–water partition coefficient (Wildman–Crippen LogP) is 3.28. The van der Waals surface area contributed by atoms with Crippen LogP contribution >= 0.6 is 27.5 Å². The molecule has 3 N–H and O–H groups in total. The Morgan fingerprint density at radius 3 is 2.83 bits per heavy atom. The number of halogens is 2. The molecule has 1 heterocycles. The van der Waals surface area contributed by atoms with Gasteiger partial charge in [-0.05, 0) is 25.1 Å². The monoisotopic (exact) mass is 328 g/mol. The van der Waals surface area contributed by atoms with Crippen molar-refractivity contribution in [3.05, 3.63) is 39.6 Å². The summed E-state index contributed by atoms with van der Waals surface area (Å²) in [4.78, 5) is 8.21. The molecule has 2 rings (SSSR count). The number of nitrogens with two attached hydrogens (primary N) is 1. The molecule has 1 aromatic carbocycles. The molecule has 0 aliphatic heterocycles. The van der Waals surface area contributed by atoms with Crippen LogP contribution < -0.4 is 16.0 Å². The fourth-order valence-corrected chi connectivity index (χ4v) is 1.83. The lowest BCUT2D eigenvalue weighted by atomic mass is 10.3. The molecule has 0 bridgehead atoms. The van der Waals surface area contributed by atoms with Crippen molar-refractivity contribution < 1.29 is 4.74 Å². The van der Waals surface area contributed by atoms with Crippen LogP contribution in [0.25, 0.3) is 0 Å². The van der Waals surface area contributed by atoms with Crippen LogP contribution in [0.5, 0.6) is 11.6 Å². The van der Waals surface area contributed by atoms with Crippen molar-refractivity contribution >= 4 is 33.3 Å². The molecule has 0 radical (unpaired) electrons. The third-order valence-corrected chi connectivity index (χ3v) is 2.88. The Morgan fingerprint density at radius 2 is 2.11 bits per heavy atom. The van der Waals surface area contributed by atoms with Gasteiger partial charge in [0.25, 0.3) is 0 Å². The minimum atomic E-state index is 0.371. The summed E-state index contributed by atoms with van der Waals surface area (Å²) < 4.78 is 6.47. The van der Waals surface area contributed by atoms with Gasteiger partial charge in [-0.1, -0.05) is 27.5 Å². The standard InChI is InChI=1S/C11H10BrClN4O/c1-6-15-10(17-14)5-11(16-6)18-9-4-7(12)2-3-8(9)13/h2-5H,14H2,1H3,(H,15,16,17). The van der Waals surface area contributed by atoms with Crippen LogP contribution in [0.2, 0.25) is 5.02 Å². The fourth-order valence-electron chi connectivity index (χ4n) is 1.33. The van der Waals surface area contributed by atoms with Gasteiger partial charge in [-0.2, -0.15) is 4.98 Å². The van der Waals surface area contributed by atoms with Crippen LogP contribution in [0.1, 0.15) is 5.82 Å². The van der Waals surface area contributed by atoms with Gasteiger partial charge < -0.3 is 10.2 Å². The summed E-state index contributed by atoms with van der Waals surface area (Å²) in [6.45, 7) is 1.75. The number of aromatic nitrogens is 2. The smallest absolute Gasteiger partial charge is 0.224 e. The van der Waals surface area contributed by atoms with E-state index in [-0.39, 0.29) is 0 Å². The van der Waals surface area contributed by atoms with Gasteiger partial charge in [-0.3, -0.25) is 0 Å². The largest absolute Gasteiger partial charge is 0.437 e. The summed E-state index contributed by atoms with van der Waals surface area (Å²) in [5.74, 6) is 7.21. The quantitative estimate of drug-likeness (QED) is 0.668. The number of nitrogens with one attached hydrogen (secondary N) is 1. The van der Waals surface area contributed by atoms with Crippen molar-refractivity contribution in [3.8, 4) is 11.6 Å². The van der Waals surface area contributed by atoms with Crippen molar-refractivity contribution in [2.45, 2.75) is 6.92 Å². The second-order valence-electron chi connectivity index (χ2n) is 3.46. The molecule has 7 heteroatoms. The topological polar surface area (TPSA) is 73.1 Å². The van der Waals surface area contributed by atoms with Gasteiger partial charge in [0.05, 0.1) is 5.02 Å². The first-order chi connectivity index (χ1) is 8.58. The SMILES string of the molecule is Cc1nc(NN)cc(Oc2cc(Br)ccc2Cl)n1. The molecular formula is C11H10BrClN4O. The van der Waals surface area contributed by atoms with E-state index in [0.29, 0.717) is 28.3 Å². The maximum absolute atomic E-state index is 6.03. The Balaban J connectivity index is 2.33. The van der Waals surface area contributed by atoms with Crippen molar-refractivity contribution in [3.63, 3.8) is 0 Å². The molecule has 0 saturated heterocycles. The average Bonchev–Trinajstić information content (AvgIpc) is 2.33. The number of rotatable bonds is 3. The van der Waals surface area contributed by atoms with Gasteiger partial charge in [-0.25, -0.2) is 10.8 Å². The molecule has 0 fully saturated rings. The average molecular weight is 330 g/mol. The molecule has 0 spiro atoms. The minimum Gasteiger partial charge on any atom is -0.437 e. The van der Waals surface area contributed by atoms with E-state index in [1.807, 2.05) is 6.07 Å². The highest BCUT2D eigenvalue weighted by Crippen LogP contribution is 2.31. The summed E-state index contributed by atoms with van der Waals surface area (Å²) in [5, 5.41) is 0.497. The third kappa shape index (κ3) is 3.10. The Bertz CT molecular complexity index is 579. The maximum atomic E-state index is 6.03. The molecule has 5 nitrogen and oxygen atoms in total. The van der Waals surface area contributed by atoms with Gasteiger partial charge >= 0.3 is 0 Å². The molecule has 0 atom stereocenters. The first kappa shape index (κ1) is 13.1. The summed E-state index contributed by atoms with van der Waals surface area (Å²) in [6.07, 6.45) is 0. The summed E-state index contributed by atoms with van der Waals surface area (Å²) in [6, 6.07) is 6.91. The number of hydrogen-bond acceptors (Lipinski definition) is 5. The van der Waals surface area contributed by atoms with Crippen molar-refractivity contribution in [1.29, 1.82) is 0 Å². The fraction of sp³-hybridized carbons (Fsp3) is 0.0909. The zero-order chi connectivity index (χ0) is 13.1. The van der Waals surface area contributed by atoms with Gasteiger partial charge in [0.15, 0.2) is 0 Å². The van der Waals surface area contributed by atoms with E-state index in [4.69, 9.17) is 22.2 Å². The van der Waals surface area contributed by atoms with Gasteiger partial charge in [0.1, 0.15) is 17.4 Å². The number of nitrogen functional groups attached to an aromatic ring is 1. The second-order valence-corrected chi connectivity index (χ2v) is 4.78. The molecule has 0 aliphatic carbocycles. The van der Waals surface area contributed by atoms with Crippen LogP contribution in [0, 0.1) is 6.92 Å². The van der Waals surface area contributed by atoms with Crippen molar-refractivity contribution in [2.24, 2.45) is 5.84 Å². The van der Waals surface area contributed by atoms with E-state index in [0.717, 1.165) is 4.47 Å². The zero-order valence-corrected chi connectivity index (χ0v) is 11.8. The zero-order valence-electron chi connectivity index (χ0n) is 9.45. The number of hydrogen-bond donors (Lipinski definition) is 2. The molecular weight excluding hydrogens is 320 g/mol. The summed E-state index contributed by atoms with van der Waals surface area (Å²) in [5.41, 5.74) is 2.45. The minimum absolute atomic E-state index is 0.371. The number of benzene rings is 1. The van der Waals surface area contributed by atoms with E-state index >= 15 is 0 Å². The molecule has 0 unspecified atom stereocenters. The molecule has 18 heavy (non-hydrogen) atoms. The predicted molar refractivity (Wildman–Crippen MR) is 73.8 cm³/mol. The highest BCUT2D eigenvalue weighted by atomic mass is 79.9. The van der Waals surface area contributed by atoms with Crippen LogP contribution in [-0.2, 0) is 0 Å². The molecule has 0 saturated carbocycles. The molecule has 94 valence electrons. The first-order valence-corrected chi connectivity index (χ1v) is 6.21. The number of hydrazine groups is 1. The van der Waals surface area contributed by atoms with Gasteiger partial charge in [-0.15, -0.1) is 0 Å². The molecule has 2 aromatic rings. The Kier molecular flexibility index (Phi) is 4.00. The Hall–Kier alpha value is -1.37.